The Morgan fingerprint density at radius 1 is 1.31 bits per heavy atom. The predicted molar refractivity (Wildman–Crippen MR) is 68.7 cm³/mol. The second-order valence-electron chi connectivity index (χ2n) is 4.08. The van der Waals surface area contributed by atoms with Crippen molar-refractivity contribution in [3.63, 3.8) is 0 Å². The fourth-order valence-electron chi connectivity index (χ4n) is 1.76. The molecular weight excluding hydrogens is 198 g/mol. The molecule has 0 saturated heterocycles. The number of nitrogens with zero attached hydrogens (tertiary/aromatic N) is 1. The third-order valence-corrected chi connectivity index (χ3v) is 2.67. The molecule has 0 heterocycles. The summed E-state index contributed by atoms with van der Waals surface area (Å²) in [6.07, 6.45) is 2.69. The van der Waals surface area contributed by atoms with Gasteiger partial charge < -0.3 is 4.90 Å². The summed E-state index contributed by atoms with van der Waals surface area (Å²) in [6.45, 7) is 6.92. The molecule has 0 aliphatic carbocycles. The molecule has 0 atom stereocenters. The zero-order valence-electron chi connectivity index (χ0n) is 10.5. The fraction of sp³-hybridized carbons (Fsp3) is 0.500. The lowest BCUT2D eigenvalue weighted by Gasteiger charge is -2.21. The van der Waals surface area contributed by atoms with Crippen LogP contribution in [0.2, 0.25) is 0 Å². The van der Waals surface area contributed by atoms with E-state index in [1.807, 2.05) is 36.9 Å². The highest BCUT2D eigenvalue weighted by atomic mass is 16.2. The lowest BCUT2D eigenvalue weighted by Crippen LogP contribution is -2.30. The van der Waals surface area contributed by atoms with Crippen LogP contribution in [0.1, 0.15) is 38.7 Å². The lowest BCUT2D eigenvalue weighted by atomic mass is 10.2. The van der Waals surface area contributed by atoms with Gasteiger partial charge in [0.05, 0.1) is 0 Å². The van der Waals surface area contributed by atoms with Crippen molar-refractivity contribution in [3.8, 4) is 0 Å². The van der Waals surface area contributed by atoms with Crippen LogP contribution in [0.15, 0.2) is 24.3 Å². The maximum Gasteiger partial charge on any atom is 0.226 e. The van der Waals surface area contributed by atoms with Crippen LogP contribution in [-0.4, -0.2) is 12.5 Å². The van der Waals surface area contributed by atoms with E-state index in [1.165, 1.54) is 5.56 Å². The number of hydrogen-bond acceptors (Lipinski definition) is 1. The monoisotopic (exact) mass is 219 g/mol. The maximum absolute atomic E-state index is 12.0. The number of anilines is 1. The van der Waals surface area contributed by atoms with Crippen LogP contribution < -0.4 is 4.90 Å². The van der Waals surface area contributed by atoms with Crippen LogP contribution in [0.3, 0.4) is 0 Å². The molecule has 0 radical (unpaired) electrons. The molecule has 1 amide bonds. The normalized spacial score (nSPS) is 10.2. The highest BCUT2D eigenvalue weighted by Gasteiger charge is 2.12. The van der Waals surface area contributed by atoms with E-state index in [1.54, 1.807) is 0 Å². The lowest BCUT2D eigenvalue weighted by molar-refractivity contribution is -0.118. The van der Waals surface area contributed by atoms with Gasteiger partial charge in [-0.05, 0) is 38.0 Å². The molecule has 2 nitrogen and oxygen atoms in total. The smallest absolute Gasteiger partial charge is 0.226 e. The zero-order chi connectivity index (χ0) is 12.0. The Morgan fingerprint density at radius 3 is 2.62 bits per heavy atom. The molecule has 2 heteroatoms. The van der Waals surface area contributed by atoms with Crippen molar-refractivity contribution in [1.82, 2.24) is 0 Å². The Hall–Kier alpha value is -1.31. The van der Waals surface area contributed by atoms with E-state index in [-0.39, 0.29) is 5.91 Å². The first-order valence-electron chi connectivity index (χ1n) is 6.06. The molecular formula is C14H21NO. The second-order valence-corrected chi connectivity index (χ2v) is 4.08. The first-order chi connectivity index (χ1) is 7.69. The van der Waals surface area contributed by atoms with Gasteiger partial charge in [0.25, 0.3) is 0 Å². The van der Waals surface area contributed by atoms with Gasteiger partial charge in [0.15, 0.2) is 0 Å². The van der Waals surface area contributed by atoms with Gasteiger partial charge in [-0.15, -0.1) is 0 Å². The Balaban J connectivity index is 2.77. The van der Waals surface area contributed by atoms with Gasteiger partial charge in [0.1, 0.15) is 0 Å². The predicted octanol–water partition coefficient (Wildman–Crippen LogP) is 3.54. The summed E-state index contributed by atoms with van der Waals surface area (Å²) in [4.78, 5) is 13.8. The van der Waals surface area contributed by atoms with Crippen molar-refractivity contribution in [2.45, 2.75) is 40.0 Å². The largest absolute Gasteiger partial charge is 0.313 e. The van der Waals surface area contributed by atoms with E-state index < -0.39 is 0 Å². The van der Waals surface area contributed by atoms with Crippen LogP contribution >= 0.6 is 0 Å². The van der Waals surface area contributed by atoms with Gasteiger partial charge in [0, 0.05) is 18.7 Å². The summed E-state index contributed by atoms with van der Waals surface area (Å²) in [6, 6.07) is 8.11. The number of amides is 1. The van der Waals surface area contributed by atoms with Crippen molar-refractivity contribution >= 4 is 11.6 Å². The van der Waals surface area contributed by atoms with E-state index in [9.17, 15) is 4.79 Å². The topological polar surface area (TPSA) is 20.3 Å². The van der Waals surface area contributed by atoms with Crippen LogP contribution in [0.4, 0.5) is 5.69 Å². The minimum absolute atomic E-state index is 0.231. The molecule has 0 aliphatic heterocycles. The molecule has 0 unspecified atom stereocenters. The number of rotatable bonds is 5. The molecule has 0 N–H and O–H groups in total. The molecule has 16 heavy (non-hydrogen) atoms. The van der Waals surface area contributed by atoms with Crippen LogP contribution in [0.25, 0.3) is 0 Å². The fourth-order valence-corrected chi connectivity index (χ4v) is 1.76. The third-order valence-electron chi connectivity index (χ3n) is 2.67. The molecule has 0 saturated carbocycles. The SMILES string of the molecule is CCCCC(=O)N(CC)c1cccc(C)c1. The van der Waals surface area contributed by atoms with Crippen molar-refractivity contribution in [1.29, 1.82) is 0 Å². The molecule has 0 aromatic heterocycles. The quantitative estimate of drug-likeness (QED) is 0.741. The number of benzene rings is 1. The van der Waals surface area contributed by atoms with Crippen LogP contribution in [0.5, 0.6) is 0 Å². The van der Waals surface area contributed by atoms with Gasteiger partial charge in [-0.3, -0.25) is 4.79 Å². The Kier molecular flexibility index (Phi) is 5.03. The molecule has 0 spiro atoms. The average molecular weight is 219 g/mol. The van der Waals surface area contributed by atoms with Gasteiger partial charge >= 0.3 is 0 Å². The number of hydrogen-bond donors (Lipinski definition) is 0. The summed E-state index contributed by atoms with van der Waals surface area (Å²) in [5, 5.41) is 0. The van der Waals surface area contributed by atoms with Crippen LogP contribution in [0, 0.1) is 6.92 Å². The summed E-state index contributed by atoms with van der Waals surface area (Å²) >= 11 is 0. The van der Waals surface area contributed by atoms with E-state index in [4.69, 9.17) is 0 Å². The molecule has 1 rings (SSSR count). The molecule has 0 bridgehead atoms. The number of aryl methyl sites for hydroxylation is 1. The Bertz CT molecular complexity index is 346. The molecule has 88 valence electrons. The maximum atomic E-state index is 12.0. The molecule has 0 fully saturated rings. The van der Waals surface area contributed by atoms with E-state index >= 15 is 0 Å². The van der Waals surface area contributed by atoms with Gasteiger partial charge in [-0.25, -0.2) is 0 Å². The highest BCUT2D eigenvalue weighted by molar-refractivity contribution is 5.93. The number of carbonyl (C=O) groups excluding carboxylic acids is 1. The Morgan fingerprint density at radius 2 is 2.06 bits per heavy atom. The van der Waals surface area contributed by atoms with E-state index in [2.05, 4.69) is 13.0 Å². The highest BCUT2D eigenvalue weighted by Crippen LogP contribution is 2.17. The first kappa shape index (κ1) is 12.8. The van der Waals surface area contributed by atoms with Gasteiger partial charge in [-0.1, -0.05) is 25.5 Å². The van der Waals surface area contributed by atoms with Crippen molar-refractivity contribution in [2.24, 2.45) is 0 Å². The van der Waals surface area contributed by atoms with E-state index in [0.29, 0.717) is 6.42 Å². The van der Waals surface area contributed by atoms with Gasteiger partial charge in [0.2, 0.25) is 5.91 Å². The Labute approximate surface area is 98.3 Å². The summed E-state index contributed by atoms with van der Waals surface area (Å²) in [5.41, 5.74) is 2.21. The van der Waals surface area contributed by atoms with Crippen molar-refractivity contribution in [3.05, 3.63) is 29.8 Å². The third kappa shape index (κ3) is 3.37. The minimum Gasteiger partial charge on any atom is -0.313 e. The molecule has 0 aliphatic rings. The second kappa shape index (κ2) is 6.31. The van der Waals surface area contributed by atoms with E-state index in [0.717, 1.165) is 25.1 Å². The van der Waals surface area contributed by atoms with Crippen LogP contribution in [-0.2, 0) is 4.79 Å². The minimum atomic E-state index is 0.231. The standard InChI is InChI=1S/C14H21NO/c1-4-6-10-14(16)15(5-2)13-9-7-8-12(3)11-13/h7-9,11H,4-6,10H2,1-3H3. The summed E-state index contributed by atoms with van der Waals surface area (Å²) < 4.78 is 0. The van der Waals surface area contributed by atoms with Gasteiger partial charge in [-0.2, -0.15) is 0 Å². The molecule has 1 aromatic rings. The van der Waals surface area contributed by atoms with Crippen molar-refractivity contribution < 1.29 is 4.79 Å². The zero-order valence-corrected chi connectivity index (χ0v) is 10.5. The summed E-state index contributed by atoms with van der Waals surface area (Å²) in [5.74, 6) is 0.231. The average Bonchev–Trinajstić information content (AvgIpc) is 2.27. The number of carbonyl (C=O) groups is 1. The number of unbranched alkanes of at least 4 members (excludes halogenated alkanes) is 1. The molecule has 1 aromatic carbocycles. The summed E-state index contributed by atoms with van der Waals surface area (Å²) in [7, 11) is 0. The van der Waals surface area contributed by atoms with Crippen molar-refractivity contribution in [2.75, 3.05) is 11.4 Å². The first-order valence-corrected chi connectivity index (χ1v) is 6.06.